The summed E-state index contributed by atoms with van der Waals surface area (Å²) in [5.74, 6) is 0.821. The van der Waals surface area contributed by atoms with Crippen molar-refractivity contribution in [3.05, 3.63) is 29.8 Å². The van der Waals surface area contributed by atoms with Gasteiger partial charge in [0.25, 0.3) is 0 Å². The molecular formula is C13H20O2. The van der Waals surface area contributed by atoms with Gasteiger partial charge in [0.05, 0.1) is 13.2 Å². The molecule has 0 aliphatic heterocycles. The lowest BCUT2D eigenvalue weighted by Crippen LogP contribution is -2.11. The van der Waals surface area contributed by atoms with Gasteiger partial charge < -0.3 is 9.84 Å². The summed E-state index contributed by atoms with van der Waals surface area (Å²) in [6.07, 6.45) is 0.371. The van der Waals surface area contributed by atoms with Crippen molar-refractivity contribution in [1.29, 1.82) is 0 Å². The largest absolute Gasteiger partial charge is 0.497 e. The first-order valence-electron chi connectivity index (χ1n) is 5.24. The average Bonchev–Trinajstić information content (AvgIpc) is 2.15. The highest BCUT2D eigenvalue weighted by atomic mass is 16.5. The van der Waals surface area contributed by atoms with Gasteiger partial charge >= 0.3 is 0 Å². The average molecular weight is 208 g/mol. The number of methoxy groups -OCH3 is 1. The van der Waals surface area contributed by atoms with E-state index in [0.717, 1.165) is 17.7 Å². The zero-order valence-electron chi connectivity index (χ0n) is 9.95. The van der Waals surface area contributed by atoms with Crippen LogP contribution in [0.3, 0.4) is 0 Å². The standard InChI is InChI=1S/C13H20O2/c1-13(2,3)9-12(14)10-5-7-11(15-4)8-6-10/h5-8,12,14H,9H2,1-4H3/t12-/m1/s1. The Labute approximate surface area is 91.9 Å². The van der Waals surface area contributed by atoms with Gasteiger partial charge in [0.2, 0.25) is 0 Å². The molecule has 0 spiro atoms. The third-order valence-electron chi connectivity index (χ3n) is 2.31. The third-order valence-corrected chi connectivity index (χ3v) is 2.31. The van der Waals surface area contributed by atoms with Gasteiger partial charge in [0.1, 0.15) is 5.75 Å². The molecule has 2 heteroatoms. The molecule has 0 bridgehead atoms. The summed E-state index contributed by atoms with van der Waals surface area (Å²) < 4.78 is 5.07. The maximum atomic E-state index is 9.98. The Morgan fingerprint density at radius 2 is 1.73 bits per heavy atom. The van der Waals surface area contributed by atoms with Crippen LogP contribution in [0.15, 0.2) is 24.3 Å². The normalized spacial score (nSPS) is 13.7. The summed E-state index contributed by atoms with van der Waals surface area (Å²) in [5, 5.41) is 9.98. The Bertz CT molecular complexity index is 295. The molecule has 0 aliphatic carbocycles. The highest BCUT2D eigenvalue weighted by molar-refractivity contribution is 5.28. The molecule has 1 aromatic rings. The molecule has 0 saturated heterocycles. The molecule has 0 unspecified atom stereocenters. The minimum absolute atomic E-state index is 0.138. The molecule has 0 radical (unpaired) electrons. The summed E-state index contributed by atoms with van der Waals surface area (Å²) in [4.78, 5) is 0. The van der Waals surface area contributed by atoms with Crippen molar-refractivity contribution >= 4 is 0 Å². The van der Waals surface area contributed by atoms with E-state index < -0.39 is 6.10 Å². The molecule has 0 aromatic heterocycles. The van der Waals surface area contributed by atoms with E-state index in [1.54, 1.807) is 7.11 Å². The van der Waals surface area contributed by atoms with Crippen LogP contribution in [0, 0.1) is 5.41 Å². The zero-order valence-corrected chi connectivity index (χ0v) is 9.95. The number of ether oxygens (including phenoxy) is 1. The number of hydrogen-bond acceptors (Lipinski definition) is 2. The number of aliphatic hydroxyl groups excluding tert-OH is 1. The maximum Gasteiger partial charge on any atom is 0.118 e. The van der Waals surface area contributed by atoms with E-state index >= 15 is 0 Å². The van der Waals surface area contributed by atoms with Gasteiger partial charge in [-0.25, -0.2) is 0 Å². The van der Waals surface area contributed by atoms with Crippen LogP contribution in [-0.4, -0.2) is 12.2 Å². The zero-order chi connectivity index (χ0) is 11.5. The van der Waals surface area contributed by atoms with E-state index in [2.05, 4.69) is 20.8 Å². The Balaban J connectivity index is 2.70. The van der Waals surface area contributed by atoms with Crippen molar-refractivity contribution in [3.63, 3.8) is 0 Å². The summed E-state index contributed by atoms with van der Waals surface area (Å²) in [7, 11) is 1.64. The molecule has 1 atom stereocenters. The van der Waals surface area contributed by atoms with E-state index in [0.29, 0.717) is 0 Å². The smallest absolute Gasteiger partial charge is 0.118 e. The van der Waals surface area contributed by atoms with E-state index in [-0.39, 0.29) is 5.41 Å². The lowest BCUT2D eigenvalue weighted by molar-refractivity contribution is 0.122. The van der Waals surface area contributed by atoms with Crippen LogP contribution in [0.1, 0.15) is 38.9 Å². The van der Waals surface area contributed by atoms with Crippen molar-refractivity contribution in [2.24, 2.45) is 5.41 Å². The van der Waals surface area contributed by atoms with Crippen LogP contribution in [0.5, 0.6) is 5.75 Å². The number of benzene rings is 1. The number of aliphatic hydroxyl groups is 1. The Morgan fingerprint density at radius 3 is 2.13 bits per heavy atom. The van der Waals surface area contributed by atoms with Crippen LogP contribution in [0.25, 0.3) is 0 Å². The molecule has 0 heterocycles. The molecular weight excluding hydrogens is 188 g/mol. The highest BCUT2D eigenvalue weighted by Gasteiger charge is 2.17. The molecule has 2 nitrogen and oxygen atoms in total. The van der Waals surface area contributed by atoms with Gasteiger partial charge in [0.15, 0.2) is 0 Å². The van der Waals surface area contributed by atoms with Crippen LogP contribution in [0.2, 0.25) is 0 Å². The molecule has 1 aromatic carbocycles. The van der Waals surface area contributed by atoms with Gasteiger partial charge in [-0.2, -0.15) is 0 Å². The van der Waals surface area contributed by atoms with Gasteiger partial charge in [-0.05, 0) is 29.5 Å². The molecule has 0 fully saturated rings. The second kappa shape index (κ2) is 4.67. The van der Waals surface area contributed by atoms with Crippen LogP contribution >= 0.6 is 0 Å². The summed E-state index contributed by atoms with van der Waals surface area (Å²) >= 11 is 0. The number of rotatable bonds is 3. The van der Waals surface area contributed by atoms with Gasteiger partial charge in [-0.15, -0.1) is 0 Å². The third kappa shape index (κ3) is 3.92. The molecule has 1 rings (SSSR count). The minimum atomic E-state index is -0.393. The Kier molecular flexibility index (Phi) is 3.75. The Hall–Kier alpha value is -1.02. The molecule has 84 valence electrons. The van der Waals surface area contributed by atoms with Crippen LogP contribution in [-0.2, 0) is 0 Å². The molecule has 0 amide bonds. The lowest BCUT2D eigenvalue weighted by Gasteiger charge is -2.22. The molecule has 0 aliphatic rings. The Morgan fingerprint density at radius 1 is 1.20 bits per heavy atom. The van der Waals surface area contributed by atoms with Crippen LogP contribution < -0.4 is 4.74 Å². The van der Waals surface area contributed by atoms with Gasteiger partial charge in [-0.3, -0.25) is 0 Å². The second-order valence-corrected chi connectivity index (χ2v) is 5.05. The van der Waals surface area contributed by atoms with Gasteiger partial charge in [0, 0.05) is 0 Å². The maximum absolute atomic E-state index is 9.98. The predicted octanol–water partition coefficient (Wildman–Crippen LogP) is 3.16. The van der Waals surface area contributed by atoms with E-state index in [1.165, 1.54) is 0 Å². The summed E-state index contributed by atoms with van der Waals surface area (Å²) in [6.45, 7) is 6.37. The fourth-order valence-electron chi connectivity index (χ4n) is 1.52. The number of hydrogen-bond donors (Lipinski definition) is 1. The first kappa shape index (κ1) is 12.1. The highest BCUT2D eigenvalue weighted by Crippen LogP contribution is 2.29. The monoisotopic (exact) mass is 208 g/mol. The van der Waals surface area contributed by atoms with Gasteiger partial charge in [-0.1, -0.05) is 32.9 Å². The molecule has 0 saturated carbocycles. The van der Waals surface area contributed by atoms with E-state index in [4.69, 9.17) is 4.74 Å². The van der Waals surface area contributed by atoms with E-state index in [9.17, 15) is 5.11 Å². The second-order valence-electron chi connectivity index (χ2n) is 5.05. The SMILES string of the molecule is COc1ccc([C@H](O)CC(C)(C)C)cc1. The molecule has 1 N–H and O–H groups in total. The molecule has 15 heavy (non-hydrogen) atoms. The lowest BCUT2D eigenvalue weighted by atomic mass is 9.87. The predicted molar refractivity (Wildman–Crippen MR) is 62.0 cm³/mol. The topological polar surface area (TPSA) is 29.5 Å². The first-order chi connectivity index (χ1) is 6.92. The van der Waals surface area contributed by atoms with Crippen molar-refractivity contribution in [2.75, 3.05) is 7.11 Å². The van der Waals surface area contributed by atoms with Crippen molar-refractivity contribution < 1.29 is 9.84 Å². The summed E-state index contributed by atoms with van der Waals surface area (Å²) in [5.41, 5.74) is 1.09. The van der Waals surface area contributed by atoms with Crippen molar-refractivity contribution in [3.8, 4) is 5.75 Å². The fraction of sp³-hybridized carbons (Fsp3) is 0.538. The van der Waals surface area contributed by atoms with Crippen molar-refractivity contribution in [1.82, 2.24) is 0 Å². The van der Waals surface area contributed by atoms with E-state index in [1.807, 2.05) is 24.3 Å². The van der Waals surface area contributed by atoms with Crippen molar-refractivity contribution in [2.45, 2.75) is 33.3 Å². The minimum Gasteiger partial charge on any atom is -0.497 e. The fourth-order valence-corrected chi connectivity index (χ4v) is 1.52. The quantitative estimate of drug-likeness (QED) is 0.826. The van der Waals surface area contributed by atoms with Crippen LogP contribution in [0.4, 0.5) is 0 Å². The first-order valence-corrected chi connectivity index (χ1v) is 5.24. The summed E-state index contributed by atoms with van der Waals surface area (Å²) in [6, 6.07) is 7.58.